The van der Waals surface area contributed by atoms with Crippen molar-refractivity contribution in [3.63, 3.8) is 0 Å². The third-order valence-corrected chi connectivity index (χ3v) is 3.52. The van der Waals surface area contributed by atoms with E-state index >= 15 is 0 Å². The predicted octanol–water partition coefficient (Wildman–Crippen LogP) is 3.14. The second-order valence-electron chi connectivity index (χ2n) is 5.16. The highest BCUT2D eigenvalue weighted by molar-refractivity contribution is 8.01. The average Bonchev–Trinajstić information content (AvgIpc) is 2.25. The first kappa shape index (κ1) is 14.1. The quantitative estimate of drug-likeness (QED) is 0.890. The minimum absolute atomic E-state index is 0.102. The van der Waals surface area contributed by atoms with Gasteiger partial charge in [0.15, 0.2) is 0 Å². The smallest absolute Gasteiger partial charge is 0.230 e. The summed E-state index contributed by atoms with van der Waals surface area (Å²) in [5, 5.41) is 2.93. The van der Waals surface area contributed by atoms with Crippen molar-refractivity contribution in [1.29, 1.82) is 0 Å². The number of hydrogen-bond donors (Lipinski definition) is 1. The molecule has 0 aliphatic heterocycles. The summed E-state index contributed by atoms with van der Waals surface area (Å²) >= 11 is 1.67. The average molecular weight is 251 g/mol. The van der Waals surface area contributed by atoms with Crippen molar-refractivity contribution in [2.24, 2.45) is 0 Å². The van der Waals surface area contributed by atoms with E-state index in [9.17, 15) is 4.79 Å². The van der Waals surface area contributed by atoms with E-state index in [1.54, 1.807) is 11.8 Å². The van der Waals surface area contributed by atoms with Gasteiger partial charge in [0.1, 0.15) is 0 Å². The Balaban J connectivity index is 2.31. The number of thioether (sulfide) groups is 1. The summed E-state index contributed by atoms with van der Waals surface area (Å²) in [5.74, 6) is 0.625. The van der Waals surface area contributed by atoms with Crippen molar-refractivity contribution in [3.05, 3.63) is 35.4 Å². The van der Waals surface area contributed by atoms with Gasteiger partial charge in [0, 0.05) is 11.3 Å². The Morgan fingerprint density at radius 1 is 1.24 bits per heavy atom. The topological polar surface area (TPSA) is 29.1 Å². The molecule has 0 radical (unpaired) electrons. The van der Waals surface area contributed by atoms with Gasteiger partial charge in [-0.1, -0.05) is 50.6 Å². The van der Waals surface area contributed by atoms with E-state index in [0.29, 0.717) is 12.3 Å². The van der Waals surface area contributed by atoms with Crippen LogP contribution in [-0.2, 0) is 11.3 Å². The fraction of sp³-hybridized carbons (Fsp3) is 0.500. The number of nitrogens with one attached hydrogen (secondary N) is 1. The fourth-order valence-electron chi connectivity index (χ4n) is 1.24. The molecular weight excluding hydrogens is 230 g/mol. The molecule has 0 unspecified atom stereocenters. The SMILES string of the molecule is Cc1ccc(CNC(=O)CSC(C)(C)C)cc1. The molecule has 0 saturated carbocycles. The Bertz CT molecular complexity index is 365. The van der Waals surface area contributed by atoms with E-state index in [4.69, 9.17) is 0 Å². The van der Waals surface area contributed by atoms with E-state index in [2.05, 4.69) is 45.1 Å². The summed E-state index contributed by atoms with van der Waals surface area (Å²) in [6.45, 7) is 9.02. The number of amides is 1. The summed E-state index contributed by atoms with van der Waals surface area (Å²) in [6.07, 6.45) is 0. The number of aryl methyl sites for hydroxylation is 1. The number of benzene rings is 1. The van der Waals surface area contributed by atoms with Gasteiger partial charge in [-0.05, 0) is 12.5 Å². The number of rotatable bonds is 4. The summed E-state index contributed by atoms with van der Waals surface area (Å²) in [4.78, 5) is 11.6. The highest BCUT2D eigenvalue weighted by atomic mass is 32.2. The third-order valence-electron chi connectivity index (χ3n) is 2.25. The second-order valence-corrected chi connectivity index (χ2v) is 6.97. The van der Waals surface area contributed by atoms with Crippen LogP contribution in [0.2, 0.25) is 0 Å². The molecule has 1 amide bonds. The normalized spacial score (nSPS) is 11.3. The van der Waals surface area contributed by atoms with Crippen LogP contribution in [0.5, 0.6) is 0 Å². The Morgan fingerprint density at radius 3 is 2.35 bits per heavy atom. The van der Waals surface area contributed by atoms with Crippen LogP contribution in [0.4, 0.5) is 0 Å². The zero-order chi connectivity index (χ0) is 12.9. The van der Waals surface area contributed by atoms with Crippen LogP contribution in [0.1, 0.15) is 31.9 Å². The van der Waals surface area contributed by atoms with Crippen molar-refractivity contribution in [2.75, 3.05) is 5.75 Å². The Morgan fingerprint density at radius 2 is 1.82 bits per heavy atom. The van der Waals surface area contributed by atoms with Gasteiger partial charge >= 0.3 is 0 Å². The molecule has 94 valence electrons. The molecular formula is C14H21NOS. The Labute approximate surface area is 108 Å². The molecule has 0 fully saturated rings. The maximum absolute atomic E-state index is 11.6. The molecule has 1 N–H and O–H groups in total. The summed E-state index contributed by atoms with van der Waals surface area (Å²) in [5.41, 5.74) is 2.38. The minimum Gasteiger partial charge on any atom is -0.351 e. The van der Waals surface area contributed by atoms with E-state index in [0.717, 1.165) is 5.56 Å². The van der Waals surface area contributed by atoms with Crippen LogP contribution in [0.3, 0.4) is 0 Å². The zero-order valence-electron chi connectivity index (χ0n) is 11.0. The number of carbonyl (C=O) groups is 1. The molecule has 0 aromatic heterocycles. The molecule has 0 aliphatic carbocycles. The third kappa shape index (κ3) is 6.37. The first-order chi connectivity index (χ1) is 7.87. The van der Waals surface area contributed by atoms with Gasteiger partial charge in [0.2, 0.25) is 5.91 Å². The van der Waals surface area contributed by atoms with E-state index in [1.807, 2.05) is 12.1 Å². The standard InChI is InChI=1S/C14H21NOS/c1-11-5-7-12(8-6-11)9-15-13(16)10-17-14(2,3)4/h5-8H,9-10H2,1-4H3,(H,15,16). The van der Waals surface area contributed by atoms with Crippen LogP contribution < -0.4 is 5.32 Å². The first-order valence-corrected chi connectivity index (χ1v) is 6.81. The van der Waals surface area contributed by atoms with Crippen molar-refractivity contribution in [1.82, 2.24) is 5.32 Å². The summed E-state index contributed by atoms with van der Waals surface area (Å²) in [6, 6.07) is 8.22. The fourth-order valence-corrected chi connectivity index (χ4v) is 1.91. The van der Waals surface area contributed by atoms with Gasteiger partial charge in [-0.15, -0.1) is 11.8 Å². The predicted molar refractivity (Wildman–Crippen MR) is 75.2 cm³/mol. The van der Waals surface area contributed by atoms with Crippen LogP contribution in [-0.4, -0.2) is 16.4 Å². The molecule has 3 heteroatoms. The number of carbonyl (C=O) groups excluding carboxylic acids is 1. The van der Waals surface area contributed by atoms with Gasteiger partial charge in [0.05, 0.1) is 5.75 Å². The molecule has 1 aromatic rings. The summed E-state index contributed by atoms with van der Waals surface area (Å²) < 4.78 is 0.140. The van der Waals surface area contributed by atoms with Crippen LogP contribution >= 0.6 is 11.8 Å². The number of hydrogen-bond acceptors (Lipinski definition) is 2. The molecule has 0 spiro atoms. The van der Waals surface area contributed by atoms with Crippen LogP contribution in [0.25, 0.3) is 0 Å². The molecule has 0 bridgehead atoms. The van der Waals surface area contributed by atoms with Gasteiger partial charge in [-0.3, -0.25) is 4.79 Å². The molecule has 0 aliphatic rings. The highest BCUT2D eigenvalue weighted by Gasteiger charge is 2.12. The molecule has 1 aromatic carbocycles. The Kier molecular flexibility index (Phi) is 5.06. The van der Waals surface area contributed by atoms with Gasteiger partial charge < -0.3 is 5.32 Å². The van der Waals surface area contributed by atoms with Gasteiger partial charge in [-0.2, -0.15) is 0 Å². The highest BCUT2D eigenvalue weighted by Crippen LogP contribution is 2.22. The van der Waals surface area contributed by atoms with Gasteiger partial charge in [0.25, 0.3) is 0 Å². The lowest BCUT2D eigenvalue weighted by Gasteiger charge is -2.17. The molecule has 0 heterocycles. The van der Waals surface area contributed by atoms with Crippen molar-refractivity contribution >= 4 is 17.7 Å². The lowest BCUT2D eigenvalue weighted by Crippen LogP contribution is -2.26. The van der Waals surface area contributed by atoms with Crippen molar-refractivity contribution in [2.45, 2.75) is 39.0 Å². The molecule has 0 saturated heterocycles. The molecule has 0 atom stereocenters. The maximum atomic E-state index is 11.6. The zero-order valence-corrected chi connectivity index (χ0v) is 11.9. The lowest BCUT2D eigenvalue weighted by atomic mass is 10.1. The molecule has 1 rings (SSSR count). The van der Waals surface area contributed by atoms with E-state index < -0.39 is 0 Å². The van der Waals surface area contributed by atoms with Crippen LogP contribution in [0.15, 0.2) is 24.3 Å². The molecule has 17 heavy (non-hydrogen) atoms. The van der Waals surface area contributed by atoms with Crippen molar-refractivity contribution in [3.8, 4) is 0 Å². The maximum Gasteiger partial charge on any atom is 0.230 e. The first-order valence-electron chi connectivity index (χ1n) is 5.83. The van der Waals surface area contributed by atoms with E-state index in [1.165, 1.54) is 5.56 Å². The molecule has 2 nitrogen and oxygen atoms in total. The lowest BCUT2D eigenvalue weighted by molar-refractivity contribution is -0.118. The minimum atomic E-state index is 0.102. The Hall–Kier alpha value is -0.960. The van der Waals surface area contributed by atoms with Crippen LogP contribution in [0, 0.1) is 6.92 Å². The van der Waals surface area contributed by atoms with Crippen molar-refractivity contribution < 1.29 is 4.79 Å². The second kappa shape index (κ2) is 6.10. The van der Waals surface area contributed by atoms with E-state index in [-0.39, 0.29) is 10.7 Å². The largest absolute Gasteiger partial charge is 0.351 e. The summed E-state index contributed by atoms with van der Waals surface area (Å²) in [7, 11) is 0. The monoisotopic (exact) mass is 251 g/mol. The van der Waals surface area contributed by atoms with Gasteiger partial charge in [-0.25, -0.2) is 0 Å².